The molecule has 1 atom stereocenters. The first-order valence-corrected chi connectivity index (χ1v) is 5.15. The summed E-state index contributed by atoms with van der Waals surface area (Å²) in [5.41, 5.74) is 0.531. The van der Waals surface area contributed by atoms with E-state index in [1.807, 2.05) is 6.92 Å². The number of halogens is 3. The molecule has 72 valence electrons. The van der Waals surface area contributed by atoms with E-state index < -0.39 is 11.6 Å². The highest BCUT2D eigenvalue weighted by Gasteiger charge is 2.11. The Morgan fingerprint density at radius 1 is 1.38 bits per heavy atom. The Bertz CT molecular complexity index is 286. The van der Waals surface area contributed by atoms with Crippen molar-refractivity contribution in [3.05, 3.63) is 35.4 Å². The zero-order valence-corrected chi connectivity index (χ0v) is 8.94. The third-order valence-electron chi connectivity index (χ3n) is 1.84. The highest BCUT2D eigenvalue weighted by molar-refractivity contribution is 9.09. The van der Waals surface area contributed by atoms with Crippen LogP contribution >= 0.6 is 15.9 Å². The van der Waals surface area contributed by atoms with Gasteiger partial charge in [-0.1, -0.05) is 35.3 Å². The Morgan fingerprint density at radius 2 is 2.08 bits per heavy atom. The van der Waals surface area contributed by atoms with E-state index in [1.165, 1.54) is 12.1 Å². The largest absolute Gasteiger partial charge is 0.207 e. The summed E-state index contributed by atoms with van der Waals surface area (Å²) in [5, 5.41) is 0. The van der Waals surface area contributed by atoms with Crippen LogP contribution in [0, 0.1) is 11.6 Å². The van der Waals surface area contributed by atoms with Gasteiger partial charge in [0.25, 0.3) is 0 Å². The Hall–Kier alpha value is -0.440. The van der Waals surface area contributed by atoms with Gasteiger partial charge in [0.05, 0.1) is 0 Å². The predicted molar refractivity (Wildman–Crippen MR) is 52.9 cm³/mol. The van der Waals surface area contributed by atoms with Gasteiger partial charge in [-0.2, -0.15) is 0 Å². The van der Waals surface area contributed by atoms with Crippen LogP contribution in [0.25, 0.3) is 0 Å². The molecule has 0 amide bonds. The highest BCUT2D eigenvalue weighted by Crippen LogP contribution is 2.29. The average molecular weight is 249 g/mol. The first kappa shape index (κ1) is 10.6. The van der Waals surface area contributed by atoms with Crippen LogP contribution in [-0.4, -0.2) is 0 Å². The highest BCUT2D eigenvalue weighted by atomic mass is 79.9. The maximum atomic E-state index is 13.2. The number of hydrogen-bond acceptors (Lipinski definition) is 0. The lowest BCUT2D eigenvalue weighted by Crippen LogP contribution is -1.94. The molecular formula is C10H11BrF2. The standard InChI is InChI=1S/C10H11BrF2/c1-2-3-9(11)8-5-4-7(12)6-10(8)13/h4-6,9H,2-3H2,1H3. The van der Waals surface area contributed by atoms with E-state index in [9.17, 15) is 8.78 Å². The van der Waals surface area contributed by atoms with Gasteiger partial charge in [-0.05, 0) is 12.5 Å². The second-order valence-electron chi connectivity index (χ2n) is 2.92. The number of hydrogen-bond donors (Lipinski definition) is 0. The molecule has 0 aliphatic rings. The van der Waals surface area contributed by atoms with Crippen LogP contribution in [0.2, 0.25) is 0 Å². The zero-order valence-electron chi connectivity index (χ0n) is 7.36. The molecule has 0 saturated heterocycles. The molecule has 1 aromatic carbocycles. The van der Waals surface area contributed by atoms with Crippen molar-refractivity contribution in [3.8, 4) is 0 Å². The molecule has 0 N–H and O–H groups in total. The molecule has 0 bridgehead atoms. The smallest absolute Gasteiger partial charge is 0.130 e. The van der Waals surface area contributed by atoms with Crippen molar-refractivity contribution >= 4 is 15.9 Å². The molecule has 1 unspecified atom stereocenters. The fraction of sp³-hybridized carbons (Fsp3) is 0.400. The monoisotopic (exact) mass is 248 g/mol. The van der Waals surface area contributed by atoms with Crippen molar-refractivity contribution in [2.75, 3.05) is 0 Å². The molecule has 0 spiro atoms. The number of benzene rings is 1. The van der Waals surface area contributed by atoms with Crippen molar-refractivity contribution in [1.29, 1.82) is 0 Å². The fourth-order valence-corrected chi connectivity index (χ4v) is 1.99. The second kappa shape index (κ2) is 4.70. The minimum absolute atomic E-state index is 0.0156. The normalized spacial score (nSPS) is 12.9. The quantitative estimate of drug-likeness (QED) is 0.704. The van der Waals surface area contributed by atoms with Crippen LogP contribution in [0.3, 0.4) is 0 Å². The molecule has 0 heterocycles. The molecule has 1 rings (SSSR count). The summed E-state index contributed by atoms with van der Waals surface area (Å²) in [5.74, 6) is -1.01. The van der Waals surface area contributed by atoms with Crippen LogP contribution in [0.15, 0.2) is 18.2 Å². The zero-order chi connectivity index (χ0) is 9.84. The average Bonchev–Trinajstić information content (AvgIpc) is 2.04. The molecule has 1 aromatic rings. The van der Waals surface area contributed by atoms with Crippen molar-refractivity contribution in [2.45, 2.75) is 24.6 Å². The summed E-state index contributed by atoms with van der Waals surface area (Å²) in [6.45, 7) is 2.02. The van der Waals surface area contributed by atoms with Crippen LogP contribution in [0.4, 0.5) is 8.78 Å². The summed E-state index contributed by atoms with van der Waals surface area (Å²) in [4.78, 5) is -0.0156. The van der Waals surface area contributed by atoms with Gasteiger partial charge in [0, 0.05) is 16.5 Å². The lowest BCUT2D eigenvalue weighted by atomic mass is 10.1. The molecule has 0 aliphatic carbocycles. The van der Waals surface area contributed by atoms with Gasteiger partial charge in [-0.25, -0.2) is 8.78 Å². The molecular weight excluding hydrogens is 238 g/mol. The lowest BCUT2D eigenvalue weighted by molar-refractivity contribution is 0.568. The van der Waals surface area contributed by atoms with Crippen molar-refractivity contribution in [2.24, 2.45) is 0 Å². The van der Waals surface area contributed by atoms with Gasteiger partial charge in [0.1, 0.15) is 11.6 Å². The fourth-order valence-electron chi connectivity index (χ4n) is 1.16. The summed E-state index contributed by atoms with van der Waals surface area (Å²) in [6.07, 6.45) is 1.81. The number of alkyl halides is 1. The maximum Gasteiger partial charge on any atom is 0.130 e. The topological polar surface area (TPSA) is 0 Å². The molecule has 0 saturated carbocycles. The van der Waals surface area contributed by atoms with E-state index in [4.69, 9.17) is 0 Å². The minimum Gasteiger partial charge on any atom is -0.207 e. The van der Waals surface area contributed by atoms with E-state index >= 15 is 0 Å². The Kier molecular flexibility index (Phi) is 3.85. The molecule has 0 radical (unpaired) electrons. The summed E-state index contributed by atoms with van der Waals surface area (Å²) in [7, 11) is 0. The van der Waals surface area contributed by atoms with E-state index in [1.54, 1.807) is 0 Å². The summed E-state index contributed by atoms with van der Waals surface area (Å²) in [6, 6.07) is 3.68. The van der Waals surface area contributed by atoms with E-state index in [2.05, 4.69) is 15.9 Å². The number of rotatable bonds is 3. The Labute approximate surface area is 85.1 Å². The Balaban J connectivity index is 2.88. The van der Waals surface area contributed by atoms with E-state index in [0.717, 1.165) is 18.9 Å². The van der Waals surface area contributed by atoms with E-state index in [0.29, 0.717) is 5.56 Å². The van der Waals surface area contributed by atoms with Gasteiger partial charge >= 0.3 is 0 Å². The molecule has 0 nitrogen and oxygen atoms in total. The first-order chi connectivity index (χ1) is 6.15. The summed E-state index contributed by atoms with van der Waals surface area (Å²) < 4.78 is 25.7. The molecule has 0 fully saturated rings. The van der Waals surface area contributed by atoms with E-state index in [-0.39, 0.29) is 4.83 Å². The third-order valence-corrected chi connectivity index (χ3v) is 2.79. The summed E-state index contributed by atoms with van der Waals surface area (Å²) >= 11 is 3.36. The van der Waals surface area contributed by atoms with Crippen molar-refractivity contribution in [3.63, 3.8) is 0 Å². The first-order valence-electron chi connectivity index (χ1n) is 4.24. The predicted octanol–water partition coefficient (Wildman–Crippen LogP) is 4.20. The van der Waals surface area contributed by atoms with Gasteiger partial charge in [-0.3, -0.25) is 0 Å². The van der Waals surface area contributed by atoms with Crippen LogP contribution in [-0.2, 0) is 0 Å². The molecule has 13 heavy (non-hydrogen) atoms. The van der Waals surface area contributed by atoms with Crippen LogP contribution < -0.4 is 0 Å². The van der Waals surface area contributed by atoms with Gasteiger partial charge in [-0.15, -0.1) is 0 Å². The van der Waals surface area contributed by atoms with Crippen LogP contribution in [0.5, 0.6) is 0 Å². The van der Waals surface area contributed by atoms with Crippen molar-refractivity contribution in [1.82, 2.24) is 0 Å². The molecule has 0 aromatic heterocycles. The SMILES string of the molecule is CCCC(Br)c1ccc(F)cc1F. The third kappa shape index (κ3) is 2.76. The molecule has 0 aliphatic heterocycles. The second-order valence-corrected chi connectivity index (χ2v) is 4.03. The van der Waals surface area contributed by atoms with Gasteiger partial charge in [0.2, 0.25) is 0 Å². The van der Waals surface area contributed by atoms with Gasteiger partial charge < -0.3 is 0 Å². The lowest BCUT2D eigenvalue weighted by Gasteiger charge is -2.09. The Morgan fingerprint density at radius 3 is 2.62 bits per heavy atom. The van der Waals surface area contributed by atoms with Gasteiger partial charge in [0.15, 0.2) is 0 Å². The minimum atomic E-state index is -0.530. The molecule has 3 heteroatoms. The van der Waals surface area contributed by atoms with Crippen LogP contribution in [0.1, 0.15) is 30.2 Å². The maximum absolute atomic E-state index is 13.2. The van der Waals surface area contributed by atoms with Crippen molar-refractivity contribution < 1.29 is 8.78 Å².